The van der Waals surface area contributed by atoms with Crippen molar-refractivity contribution >= 4 is 33.2 Å². The average molecular weight is 455 g/mol. The van der Waals surface area contributed by atoms with Crippen LogP contribution >= 0.6 is 23.2 Å². The van der Waals surface area contributed by atoms with E-state index in [0.717, 1.165) is 5.56 Å². The van der Waals surface area contributed by atoms with Crippen molar-refractivity contribution < 1.29 is 13.2 Å². The van der Waals surface area contributed by atoms with Gasteiger partial charge in [0.1, 0.15) is 0 Å². The molecule has 154 valence electrons. The molecule has 0 radical (unpaired) electrons. The Hall–Kier alpha value is -2.13. The summed E-state index contributed by atoms with van der Waals surface area (Å²) >= 11 is 11.8. The zero-order chi connectivity index (χ0) is 21.0. The Morgan fingerprint density at radius 2 is 1.62 bits per heavy atom. The summed E-state index contributed by atoms with van der Waals surface area (Å²) in [7, 11) is -2.34. The minimum Gasteiger partial charge on any atom is -0.467 e. The van der Waals surface area contributed by atoms with Gasteiger partial charge in [0.05, 0.1) is 18.0 Å². The van der Waals surface area contributed by atoms with Gasteiger partial charge in [-0.25, -0.2) is 13.1 Å². The summed E-state index contributed by atoms with van der Waals surface area (Å²) in [6.07, 6.45) is 0.353. The van der Waals surface area contributed by atoms with E-state index in [0.29, 0.717) is 34.8 Å². The summed E-state index contributed by atoms with van der Waals surface area (Å²) in [6.45, 7) is 2.42. The fourth-order valence-corrected chi connectivity index (χ4v) is 4.36. The smallest absolute Gasteiger partial charge is 0.316 e. The van der Waals surface area contributed by atoms with Gasteiger partial charge in [0.15, 0.2) is 5.82 Å². The van der Waals surface area contributed by atoms with Crippen molar-refractivity contribution in [3.63, 3.8) is 0 Å². The fourth-order valence-electron chi connectivity index (χ4n) is 2.92. The molecular weight excluding hydrogens is 435 g/mol. The second-order valence-electron chi connectivity index (χ2n) is 6.25. The lowest BCUT2D eigenvalue weighted by atomic mass is 10.1. The first-order valence-corrected chi connectivity index (χ1v) is 11.1. The van der Waals surface area contributed by atoms with E-state index in [1.807, 2.05) is 19.1 Å². The number of methoxy groups -OCH3 is 1. The Morgan fingerprint density at radius 3 is 2.17 bits per heavy atom. The van der Waals surface area contributed by atoms with Crippen LogP contribution in [0.1, 0.15) is 24.4 Å². The molecule has 0 bridgehead atoms. The van der Waals surface area contributed by atoms with Gasteiger partial charge in [-0.15, -0.1) is 5.10 Å². The second-order valence-corrected chi connectivity index (χ2v) is 8.83. The Bertz CT molecular complexity index is 1070. The predicted molar refractivity (Wildman–Crippen MR) is 112 cm³/mol. The van der Waals surface area contributed by atoms with Crippen molar-refractivity contribution in [3.05, 3.63) is 70.0 Å². The van der Waals surface area contributed by atoms with E-state index in [4.69, 9.17) is 27.9 Å². The first kappa shape index (κ1) is 21.6. The van der Waals surface area contributed by atoms with Gasteiger partial charge in [0.25, 0.3) is 0 Å². The third-order valence-electron chi connectivity index (χ3n) is 4.33. The van der Waals surface area contributed by atoms with Crippen molar-refractivity contribution in [3.8, 4) is 6.01 Å². The minimum absolute atomic E-state index is 0.109. The van der Waals surface area contributed by atoms with Crippen molar-refractivity contribution in [2.45, 2.75) is 30.8 Å². The highest BCUT2D eigenvalue weighted by atomic mass is 35.5. The van der Waals surface area contributed by atoms with Crippen LogP contribution in [0.3, 0.4) is 0 Å². The van der Waals surface area contributed by atoms with E-state index in [2.05, 4.69) is 14.9 Å². The molecule has 0 saturated heterocycles. The van der Waals surface area contributed by atoms with E-state index in [1.165, 1.54) is 31.4 Å². The number of nitrogens with zero attached hydrogens (tertiary/aromatic N) is 3. The standard InChI is InChI=1S/C19H20Cl2N4O3S/c1-3-25-18(22-23-19(25)28-2)17(12-13-4-6-14(20)7-5-13)24-29(26,27)16-10-8-15(21)9-11-16/h4-11,17,24H,3,12H2,1-2H3/t17-/m1/s1. The molecule has 0 fully saturated rings. The molecule has 0 aliphatic heterocycles. The Balaban J connectivity index is 1.99. The zero-order valence-electron chi connectivity index (χ0n) is 15.8. The van der Waals surface area contributed by atoms with Crippen molar-refractivity contribution in [2.75, 3.05) is 7.11 Å². The highest BCUT2D eigenvalue weighted by molar-refractivity contribution is 7.89. The monoisotopic (exact) mass is 454 g/mol. The van der Waals surface area contributed by atoms with E-state index in [-0.39, 0.29) is 4.90 Å². The van der Waals surface area contributed by atoms with E-state index in [9.17, 15) is 8.42 Å². The maximum absolute atomic E-state index is 13.0. The molecule has 7 nitrogen and oxygen atoms in total. The number of aromatic nitrogens is 3. The van der Waals surface area contributed by atoms with Crippen LogP contribution in [0.15, 0.2) is 53.4 Å². The zero-order valence-corrected chi connectivity index (χ0v) is 18.2. The van der Waals surface area contributed by atoms with E-state index >= 15 is 0 Å². The number of sulfonamides is 1. The highest BCUT2D eigenvalue weighted by Gasteiger charge is 2.27. The van der Waals surface area contributed by atoms with E-state index < -0.39 is 16.1 Å². The third kappa shape index (κ3) is 5.08. The summed E-state index contributed by atoms with van der Waals surface area (Å²) in [5.41, 5.74) is 0.892. The molecule has 0 aliphatic rings. The fraction of sp³-hybridized carbons (Fsp3) is 0.263. The molecule has 29 heavy (non-hydrogen) atoms. The second kappa shape index (κ2) is 9.13. The molecule has 1 N–H and O–H groups in total. The van der Waals surface area contributed by atoms with Crippen LogP contribution in [0.25, 0.3) is 0 Å². The van der Waals surface area contributed by atoms with Crippen LogP contribution in [-0.4, -0.2) is 30.3 Å². The molecule has 3 aromatic rings. The molecular formula is C19H20Cl2N4O3S. The van der Waals surface area contributed by atoms with Gasteiger partial charge >= 0.3 is 6.01 Å². The number of hydrogen-bond acceptors (Lipinski definition) is 5. The molecule has 0 amide bonds. The van der Waals surface area contributed by atoms with Crippen molar-refractivity contribution in [2.24, 2.45) is 0 Å². The quantitative estimate of drug-likeness (QED) is 0.557. The summed E-state index contributed by atoms with van der Waals surface area (Å²) < 4.78 is 35.7. The third-order valence-corrected chi connectivity index (χ3v) is 6.32. The lowest BCUT2D eigenvalue weighted by Crippen LogP contribution is -2.32. The summed E-state index contributed by atoms with van der Waals surface area (Å²) in [6, 6.07) is 12.8. The lowest BCUT2D eigenvalue weighted by molar-refractivity contribution is 0.354. The molecule has 0 aliphatic carbocycles. The molecule has 3 rings (SSSR count). The Morgan fingerprint density at radius 1 is 1.03 bits per heavy atom. The maximum Gasteiger partial charge on any atom is 0.316 e. The molecule has 0 saturated carbocycles. The Labute approximate surface area is 179 Å². The van der Waals surface area contributed by atoms with Crippen molar-refractivity contribution in [1.29, 1.82) is 0 Å². The SMILES string of the molecule is CCn1c(OC)nnc1[C@@H](Cc1ccc(Cl)cc1)NS(=O)(=O)c1ccc(Cl)cc1. The highest BCUT2D eigenvalue weighted by Crippen LogP contribution is 2.24. The summed E-state index contributed by atoms with van der Waals surface area (Å²) in [4.78, 5) is 0.109. The molecule has 1 atom stereocenters. The minimum atomic E-state index is -3.83. The van der Waals surface area contributed by atoms with Gasteiger partial charge < -0.3 is 4.74 Å². The van der Waals surface area contributed by atoms with E-state index in [1.54, 1.807) is 16.7 Å². The van der Waals surface area contributed by atoms with Gasteiger partial charge in [0.2, 0.25) is 10.0 Å². The number of ether oxygens (including phenoxy) is 1. The number of benzene rings is 2. The summed E-state index contributed by atoms with van der Waals surface area (Å²) in [5, 5.41) is 9.25. The number of nitrogens with one attached hydrogen (secondary N) is 1. The van der Waals surface area contributed by atoms with Crippen LogP contribution in [0, 0.1) is 0 Å². The molecule has 2 aromatic carbocycles. The Kier molecular flexibility index (Phi) is 6.79. The average Bonchev–Trinajstić information content (AvgIpc) is 3.12. The van der Waals surface area contributed by atoms with Crippen LogP contribution in [-0.2, 0) is 23.0 Å². The van der Waals surface area contributed by atoms with Gasteiger partial charge in [-0.05, 0) is 55.3 Å². The lowest BCUT2D eigenvalue weighted by Gasteiger charge is -2.19. The van der Waals surface area contributed by atoms with Gasteiger partial charge in [-0.3, -0.25) is 4.57 Å². The van der Waals surface area contributed by atoms with Gasteiger partial charge in [0, 0.05) is 16.6 Å². The first-order valence-electron chi connectivity index (χ1n) is 8.83. The van der Waals surface area contributed by atoms with Crippen LogP contribution in [0.2, 0.25) is 10.0 Å². The van der Waals surface area contributed by atoms with Crippen molar-refractivity contribution in [1.82, 2.24) is 19.5 Å². The maximum atomic E-state index is 13.0. The summed E-state index contributed by atoms with van der Waals surface area (Å²) in [5.74, 6) is 0.455. The van der Waals surface area contributed by atoms with Crippen LogP contribution in [0.4, 0.5) is 0 Å². The molecule has 10 heteroatoms. The first-order chi connectivity index (χ1) is 13.8. The topological polar surface area (TPSA) is 86.1 Å². The number of hydrogen-bond donors (Lipinski definition) is 1. The number of rotatable bonds is 8. The van der Waals surface area contributed by atoms with Crippen LogP contribution < -0.4 is 9.46 Å². The largest absolute Gasteiger partial charge is 0.467 e. The van der Waals surface area contributed by atoms with Gasteiger partial charge in [-0.1, -0.05) is 40.4 Å². The van der Waals surface area contributed by atoms with Gasteiger partial charge in [-0.2, -0.15) is 0 Å². The molecule has 0 unspecified atom stereocenters. The predicted octanol–water partition coefficient (Wildman–Crippen LogP) is 3.88. The number of halogens is 2. The normalized spacial score (nSPS) is 12.7. The molecule has 0 spiro atoms. The molecule has 1 aromatic heterocycles. The van der Waals surface area contributed by atoms with Crippen LogP contribution in [0.5, 0.6) is 6.01 Å². The molecule has 1 heterocycles.